The fourth-order valence-electron chi connectivity index (χ4n) is 2.29. The molecule has 2 aromatic carbocycles. The number of hydrogen-bond donors (Lipinski definition) is 2. The zero-order chi connectivity index (χ0) is 20.1. The second-order valence-electron chi connectivity index (χ2n) is 5.79. The monoisotopic (exact) mass is 393 g/mol. The Morgan fingerprint density at radius 3 is 2.32 bits per heavy atom. The number of benzene rings is 2. The van der Waals surface area contributed by atoms with E-state index in [1.165, 1.54) is 30.5 Å². The zero-order valence-electron chi connectivity index (χ0n) is 14.7. The van der Waals surface area contributed by atoms with Crippen LogP contribution in [0.5, 0.6) is 0 Å². The number of aryl methyl sites for hydroxylation is 1. The minimum absolute atomic E-state index is 0.00831. The van der Waals surface area contributed by atoms with Gasteiger partial charge in [-0.2, -0.15) is 5.26 Å². The van der Waals surface area contributed by atoms with Crippen LogP contribution in [-0.4, -0.2) is 24.3 Å². The maximum atomic E-state index is 12.4. The van der Waals surface area contributed by atoms with Gasteiger partial charge < -0.3 is 5.32 Å². The van der Waals surface area contributed by atoms with E-state index in [2.05, 4.69) is 20.0 Å². The van der Waals surface area contributed by atoms with E-state index in [1.54, 1.807) is 37.3 Å². The Bertz CT molecular complexity index is 1150. The van der Waals surface area contributed by atoms with Crippen LogP contribution in [0.25, 0.3) is 0 Å². The number of rotatable bonds is 5. The second kappa shape index (κ2) is 7.85. The molecule has 0 saturated carbocycles. The molecule has 0 saturated heterocycles. The number of nitrogens with zero attached hydrogens (tertiary/aromatic N) is 3. The molecule has 0 aliphatic heterocycles. The van der Waals surface area contributed by atoms with E-state index in [4.69, 9.17) is 5.26 Å². The highest BCUT2D eigenvalue weighted by Gasteiger charge is 2.16. The van der Waals surface area contributed by atoms with Crippen molar-refractivity contribution in [3.8, 4) is 6.07 Å². The molecule has 140 valence electrons. The normalized spacial score (nSPS) is 10.7. The van der Waals surface area contributed by atoms with Crippen molar-refractivity contribution in [1.82, 2.24) is 9.97 Å². The summed E-state index contributed by atoms with van der Waals surface area (Å²) >= 11 is 0. The quantitative estimate of drug-likeness (QED) is 0.687. The number of nitriles is 1. The summed E-state index contributed by atoms with van der Waals surface area (Å²) in [5, 5.41) is 11.5. The summed E-state index contributed by atoms with van der Waals surface area (Å²) in [5.41, 5.74) is 1.90. The molecule has 0 bridgehead atoms. The van der Waals surface area contributed by atoms with Gasteiger partial charge in [0, 0.05) is 23.1 Å². The second-order valence-corrected chi connectivity index (χ2v) is 7.48. The molecule has 0 radical (unpaired) electrons. The first-order valence-corrected chi connectivity index (χ1v) is 9.60. The maximum Gasteiger partial charge on any atom is 0.264 e. The van der Waals surface area contributed by atoms with E-state index in [9.17, 15) is 13.2 Å². The lowest BCUT2D eigenvalue weighted by Gasteiger charge is -2.09. The highest BCUT2D eigenvalue weighted by Crippen LogP contribution is 2.17. The SMILES string of the molecule is Cc1ccnc(NS(=O)(=O)c2ccc(NC(=O)c3ccc(C#N)cc3)cc2)n1. The van der Waals surface area contributed by atoms with E-state index in [0.29, 0.717) is 22.5 Å². The first kappa shape index (κ1) is 19.0. The third kappa shape index (κ3) is 4.49. The topological polar surface area (TPSA) is 125 Å². The minimum atomic E-state index is -3.85. The van der Waals surface area contributed by atoms with Gasteiger partial charge in [-0.15, -0.1) is 0 Å². The van der Waals surface area contributed by atoms with Crippen LogP contribution in [-0.2, 0) is 10.0 Å². The third-order valence-corrected chi connectivity index (χ3v) is 5.06. The predicted molar refractivity (Wildman–Crippen MR) is 103 cm³/mol. The molecule has 3 aromatic rings. The molecule has 8 nitrogen and oxygen atoms in total. The highest BCUT2D eigenvalue weighted by molar-refractivity contribution is 7.92. The molecule has 3 rings (SSSR count). The number of sulfonamides is 1. The van der Waals surface area contributed by atoms with Crippen LogP contribution >= 0.6 is 0 Å². The molecule has 1 amide bonds. The van der Waals surface area contributed by atoms with Crippen LogP contribution in [0.4, 0.5) is 11.6 Å². The smallest absolute Gasteiger partial charge is 0.264 e. The molecular weight excluding hydrogens is 378 g/mol. The lowest BCUT2D eigenvalue weighted by atomic mass is 10.1. The number of carbonyl (C=O) groups is 1. The van der Waals surface area contributed by atoms with Gasteiger partial charge in [-0.3, -0.25) is 4.79 Å². The Balaban J connectivity index is 1.71. The molecule has 2 N–H and O–H groups in total. The molecular formula is C19H15N5O3S. The number of carbonyl (C=O) groups excluding carboxylic acids is 1. The van der Waals surface area contributed by atoms with Gasteiger partial charge in [0.15, 0.2) is 0 Å². The van der Waals surface area contributed by atoms with Crippen molar-refractivity contribution in [3.05, 3.63) is 77.6 Å². The van der Waals surface area contributed by atoms with Gasteiger partial charge >= 0.3 is 0 Å². The molecule has 0 fully saturated rings. The van der Waals surface area contributed by atoms with Crippen LogP contribution < -0.4 is 10.0 Å². The standard InChI is InChI=1S/C19H15N5O3S/c1-13-10-11-21-19(22-13)24-28(26,27)17-8-6-16(7-9-17)23-18(25)15-4-2-14(12-20)3-5-15/h2-11H,1H3,(H,23,25)(H,21,22,24). The predicted octanol–water partition coefficient (Wildman–Crippen LogP) is 2.71. The number of amides is 1. The first-order valence-electron chi connectivity index (χ1n) is 8.11. The molecule has 1 aromatic heterocycles. The summed E-state index contributed by atoms with van der Waals surface area (Å²) in [6, 6.07) is 15.5. The average Bonchev–Trinajstić information content (AvgIpc) is 2.68. The number of hydrogen-bond acceptors (Lipinski definition) is 6. The molecule has 1 heterocycles. The van der Waals surface area contributed by atoms with Crippen molar-refractivity contribution < 1.29 is 13.2 Å². The van der Waals surface area contributed by atoms with Gasteiger partial charge in [0.25, 0.3) is 15.9 Å². The van der Waals surface area contributed by atoms with Crippen molar-refractivity contribution in [1.29, 1.82) is 5.26 Å². The zero-order valence-corrected chi connectivity index (χ0v) is 15.6. The fourth-order valence-corrected chi connectivity index (χ4v) is 3.24. The summed E-state index contributed by atoms with van der Waals surface area (Å²) in [5.74, 6) is -0.385. The van der Waals surface area contributed by atoms with Crippen LogP contribution in [0.1, 0.15) is 21.6 Å². The molecule has 0 aliphatic carbocycles. The number of nitrogens with one attached hydrogen (secondary N) is 2. The Hall–Kier alpha value is -3.77. The molecule has 9 heteroatoms. The summed E-state index contributed by atoms with van der Waals surface area (Å²) in [6.45, 7) is 1.73. The average molecular weight is 393 g/mol. The molecule has 28 heavy (non-hydrogen) atoms. The largest absolute Gasteiger partial charge is 0.322 e. The number of aromatic nitrogens is 2. The van der Waals surface area contributed by atoms with E-state index in [0.717, 1.165) is 0 Å². The van der Waals surface area contributed by atoms with Crippen molar-refractivity contribution >= 4 is 27.6 Å². The van der Waals surface area contributed by atoms with Crippen molar-refractivity contribution in [2.24, 2.45) is 0 Å². The van der Waals surface area contributed by atoms with Gasteiger partial charge in [0.1, 0.15) is 0 Å². The maximum absolute atomic E-state index is 12.4. The first-order chi connectivity index (χ1) is 13.4. The van der Waals surface area contributed by atoms with E-state index in [1.807, 2.05) is 6.07 Å². The van der Waals surface area contributed by atoms with E-state index < -0.39 is 10.0 Å². The summed E-state index contributed by atoms with van der Waals surface area (Å²) in [4.78, 5) is 20.1. The summed E-state index contributed by atoms with van der Waals surface area (Å²) in [6.07, 6.45) is 1.46. The van der Waals surface area contributed by atoms with Crippen molar-refractivity contribution in [3.63, 3.8) is 0 Å². The van der Waals surface area contributed by atoms with Gasteiger partial charge in [-0.05, 0) is 61.5 Å². The summed E-state index contributed by atoms with van der Waals surface area (Å²) < 4.78 is 27.2. The Morgan fingerprint density at radius 2 is 1.71 bits per heavy atom. The van der Waals surface area contributed by atoms with Gasteiger partial charge in [-0.25, -0.2) is 23.1 Å². The van der Waals surface area contributed by atoms with Gasteiger partial charge in [0.2, 0.25) is 5.95 Å². The Labute approximate surface area is 161 Å². The number of anilines is 2. The molecule has 0 spiro atoms. The van der Waals surface area contributed by atoms with E-state index >= 15 is 0 Å². The van der Waals surface area contributed by atoms with Crippen LogP contribution in [0.15, 0.2) is 65.7 Å². The lowest BCUT2D eigenvalue weighted by molar-refractivity contribution is 0.102. The summed E-state index contributed by atoms with van der Waals surface area (Å²) in [7, 11) is -3.85. The molecule has 0 unspecified atom stereocenters. The van der Waals surface area contributed by atoms with Crippen molar-refractivity contribution in [2.45, 2.75) is 11.8 Å². The highest BCUT2D eigenvalue weighted by atomic mass is 32.2. The Kier molecular flexibility index (Phi) is 5.33. The molecule has 0 atom stereocenters. The Morgan fingerprint density at radius 1 is 1.04 bits per heavy atom. The van der Waals surface area contributed by atoms with Crippen LogP contribution in [0.2, 0.25) is 0 Å². The van der Waals surface area contributed by atoms with E-state index in [-0.39, 0.29) is 16.8 Å². The van der Waals surface area contributed by atoms with Crippen molar-refractivity contribution in [2.75, 3.05) is 10.0 Å². The fraction of sp³-hybridized carbons (Fsp3) is 0.0526. The van der Waals surface area contributed by atoms with Crippen LogP contribution in [0, 0.1) is 18.3 Å². The third-order valence-electron chi connectivity index (χ3n) is 3.72. The lowest BCUT2D eigenvalue weighted by Crippen LogP contribution is -2.15. The minimum Gasteiger partial charge on any atom is -0.322 e. The molecule has 0 aliphatic rings. The van der Waals surface area contributed by atoms with Gasteiger partial charge in [-0.1, -0.05) is 0 Å². The van der Waals surface area contributed by atoms with Crippen LogP contribution in [0.3, 0.4) is 0 Å². The van der Waals surface area contributed by atoms with Gasteiger partial charge in [0.05, 0.1) is 16.5 Å².